The molecule has 8 heteroatoms. The second-order valence-corrected chi connectivity index (χ2v) is 7.14. The van der Waals surface area contributed by atoms with Crippen molar-refractivity contribution in [1.82, 2.24) is 29.9 Å². The molecule has 1 N–H and O–H groups in total. The highest BCUT2D eigenvalue weighted by Gasteiger charge is 2.26. The zero-order valence-corrected chi connectivity index (χ0v) is 16.6. The number of piperazine rings is 1. The van der Waals surface area contributed by atoms with E-state index in [1.165, 1.54) is 0 Å². The summed E-state index contributed by atoms with van der Waals surface area (Å²) in [5, 5.41) is 8.14. The zero-order chi connectivity index (χ0) is 19.6. The van der Waals surface area contributed by atoms with E-state index in [9.17, 15) is 9.59 Å². The Kier molecular flexibility index (Phi) is 5.74. The van der Waals surface area contributed by atoms with Crippen molar-refractivity contribution in [3.8, 4) is 0 Å². The molecular formula is C19H28N6O2. The van der Waals surface area contributed by atoms with E-state index in [0.717, 1.165) is 28.8 Å². The summed E-state index contributed by atoms with van der Waals surface area (Å²) in [6, 6.07) is 1.85. The van der Waals surface area contributed by atoms with Crippen molar-refractivity contribution in [3.05, 3.63) is 23.0 Å². The van der Waals surface area contributed by atoms with Gasteiger partial charge in [0.05, 0.1) is 23.2 Å². The molecule has 2 aromatic rings. The van der Waals surface area contributed by atoms with Crippen LogP contribution in [-0.2, 0) is 11.8 Å². The van der Waals surface area contributed by atoms with E-state index in [1.54, 1.807) is 4.68 Å². The molecular weight excluding hydrogens is 344 g/mol. The fourth-order valence-electron chi connectivity index (χ4n) is 3.54. The molecule has 0 aliphatic carbocycles. The van der Waals surface area contributed by atoms with E-state index >= 15 is 0 Å². The van der Waals surface area contributed by atoms with Crippen molar-refractivity contribution >= 4 is 22.8 Å². The molecule has 2 amide bonds. The molecule has 146 valence electrons. The number of rotatable bonds is 5. The summed E-state index contributed by atoms with van der Waals surface area (Å²) < 4.78 is 1.72. The van der Waals surface area contributed by atoms with Crippen LogP contribution in [0.15, 0.2) is 6.07 Å². The van der Waals surface area contributed by atoms with Gasteiger partial charge in [-0.05, 0) is 26.3 Å². The summed E-state index contributed by atoms with van der Waals surface area (Å²) in [5.74, 6) is 0.0609. The lowest BCUT2D eigenvalue weighted by Gasteiger charge is -2.34. The number of pyridine rings is 1. The first-order valence-corrected chi connectivity index (χ1v) is 9.50. The Hall–Kier alpha value is -2.48. The van der Waals surface area contributed by atoms with Crippen molar-refractivity contribution in [2.24, 2.45) is 7.05 Å². The first-order chi connectivity index (χ1) is 12.9. The standard InChI is InChI=1S/C19H28N6O2/c1-5-6-20-16(26)12-24-7-9-25(10-8-24)19(27)15-11-13(2)21-18-17(15)14(3)22-23(18)4/h11H,5-10,12H2,1-4H3,(H,20,26). The lowest BCUT2D eigenvalue weighted by molar-refractivity contribution is -0.122. The summed E-state index contributed by atoms with van der Waals surface area (Å²) in [6.07, 6.45) is 0.932. The number of aryl methyl sites for hydroxylation is 3. The van der Waals surface area contributed by atoms with E-state index in [1.807, 2.05) is 38.8 Å². The molecule has 1 fully saturated rings. The van der Waals surface area contributed by atoms with Crippen LogP contribution in [0.5, 0.6) is 0 Å². The molecule has 0 bridgehead atoms. The van der Waals surface area contributed by atoms with Crippen molar-refractivity contribution in [3.63, 3.8) is 0 Å². The lowest BCUT2D eigenvalue weighted by Crippen LogP contribution is -2.51. The highest BCUT2D eigenvalue weighted by atomic mass is 16.2. The molecule has 0 radical (unpaired) electrons. The third kappa shape index (κ3) is 4.10. The highest BCUT2D eigenvalue weighted by molar-refractivity contribution is 6.06. The minimum atomic E-state index is 0.0108. The lowest BCUT2D eigenvalue weighted by atomic mass is 10.1. The van der Waals surface area contributed by atoms with Crippen LogP contribution in [0.3, 0.4) is 0 Å². The fourth-order valence-corrected chi connectivity index (χ4v) is 3.54. The predicted octanol–water partition coefficient (Wildman–Crippen LogP) is 0.869. The summed E-state index contributed by atoms with van der Waals surface area (Å²) in [4.78, 5) is 33.5. The molecule has 8 nitrogen and oxygen atoms in total. The van der Waals surface area contributed by atoms with Gasteiger partial charge >= 0.3 is 0 Å². The van der Waals surface area contributed by atoms with Gasteiger partial charge in [0.2, 0.25) is 5.91 Å². The van der Waals surface area contributed by atoms with Crippen molar-refractivity contribution < 1.29 is 9.59 Å². The van der Waals surface area contributed by atoms with Crippen LogP contribution in [0.25, 0.3) is 11.0 Å². The number of hydrogen-bond acceptors (Lipinski definition) is 5. The minimum absolute atomic E-state index is 0.0108. The highest BCUT2D eigenvalue weighted by Crippen LogP contribution is 2.23. The van der Waals surface area contributed by atoms with Gasteiger partial charge in [0, 0.05) is 45.5 Å². The van der Waals surface area contributed by atoms with Gasteiger partial charge in [0.15, 0.2) is 5.65 Å². The molecule has 3 rings (SSSR count). The van der Waals surface area contributed by atoms with Gasteiger partial charge in [0.25, 0.3) is 5.91 Å². The summed E-state index contributed by atoms with van der Waals surface area (Å²) in [6.45, 7) is 9.56. The zero-order valence-electron chi connectivity index (χ0n) is 16.6. The number of nitrogens with one attached hydrogen (secondary N) is 1. The topological polar surface area (TPSA) is 83.4 Å². The van der Waals surface area contributed by atoms with E-state index in [-0.39, 0.29) is 11.8 Å². The maximum absolute atomic E-state index is 13.2. The Morgan fingerprint density at radius 1 is 1.19 bits per heavy atom. The normalized spacial score (nSPS) is 15.3. The van der Waals surface area contributed by atoms with Crippen LogP contribution in [-0.4, -0.2) is 75.6 Å². The summed E-state index contributed by atoms with van der Waals surface area (Å²) in [7, 11) is 1.85. The van der Waals surface area contributed by atoms with Gasteiger partial charge in [0.1, 0.15) is 0 Å². The average molecular weight is 372 g/mol. The van der Waals surface area contributed by atoms with E-state index in [2.05, 4.69) is 20.3 Å². The molecule has 1 aliphatic heterocycles. The van der Waals surface area contributed by atoms with Crippen LogP contribution in [0.1, 0.15) is 35.1 Å². The van der Waals surface area contributed by atoms with E-state index < -0.39 is 0 Å². The van der Waals surface area contributed by atoms with E-state index in [0.29, 0.717) is 44.8 Å². The quantitative estimate of drug-likeness (QED) is 0.842. The van der Waals surface area contributed by atoms with Crippen LogP contribution >= 0.6 is 0 Å². The first kappa shape index (κ1) is 19.3. The third-order valence-corrected chi connectivity index (χ3v) is 4.93. The fraction of sp³-hybridized carbons (Fsp3) is 0.579. The second kappa shape index (κ2) is 8.04. The maximum atomic E-state index is 13.2. The molecule has 0 saturated carbocycles. The maximum Gasteiger partial charge on any atom is 0.254 e. The molecule has 1 saturated heterocycles. The number of carbonyl (C=O) groups is 2. The number of amides is 2. The second-order valence-electron chi connectivity index (χ2n) is 7.14. The van der Waals surface area contributed by atoms with Gasteiger partial charge in [-0.3, -0.25) is 19.2 Å². The Bertz CT molecular complexity index is 851. The smallest absolute Gasteiger partial charge is 0.254 e. The van der Waals surface area contributed by atoms with Crippen LogP contribution in [0.4, 0.5) is 0 Å². The number of fused-ring (bicyclic) bond motifs is 1. The first-order valence-electron chi connectivity index (χ1n) is 9.50. The average Bonchev–Trinajstić information content (AvgIpc) is 2.93. The Labute approximate surface area is 159 Å². The number of carbonyl (C=O) groups excluding carboxylic acids is 2. The SMILES string of the molecule is CCCNC(=O)CN1CCN(C(=O)c2cc(C)nc3c2c(C)nn3C)CC1. The summed E-state index contributed by atoms with van der Waals surface area (Å²) >= 11 is 0. The van der Waals surface area contributed by atoms with Crippen LogP contribution in [0, 0.1) is 13.8 Å². The Balaban J connectivity index is 1.70. The molecule has 0 atom stereocenters. The molecule has 0 unspecified atom stereocenters. The van der Waals surface area contributed by atoms with Gasteiger partial charge < -0.3 is 10.2 Å². The monoisotopic (exact) mass is 372 g/mol. The van der Waals surface area contributed by atoms with Gasteiger partial charge in [-0.25, -0.2) is 4.98 Å². The molecule has 1 aliphatic rings. The van der Waals surface area contributed by atoms with Gasteiger partial charge in [-0.1, -0.05) is 6.92 Å². The van der Waals surface area contributed by atoms with Crippen molar-refractivity contribution in [1.29, 1.82) is 0 Å². The molecule has 0 aromatic carbocycles. The van der Waals surface area contributed by atoms with E-state index in [4.69, 9.17) is 0 Å². The number of aromatic nitrogens is 3. The Morgan fingerprint density at radius 3 is 2.56 bits per heavy atom. The molecule has 3 heterocycles. The largest absolute Gasteiger partial charge is 0.355 e. The minimum Gasteiger partial charge on any atom is -0.355 e. The number of nitrogens with zero attached hydrogens (tertiary/aromatic N) is 5. The molecule has 27 heavy (non-hydrogen) atoms. The Morgan fingerprint density at radius 2 is 1.89 bits per heavy atom. The van der Waals surface area contributed by atoms with Crippen LogP contribution in [0.2, 0.25) is 0 Å². The number of hydrogen-bond donors (Lipinski definition) is 1. The molecule has 0 spiro atoms. The summed E-state index contributed by atoms with van der Waals surface area (Å²) in [5.41, 5.74) is 3.02. The van der Waals surface area contributed by atoms with Crippen molar-refractivity contribution in [2.45, 2.75) is 27.2 Å². The van der Waals surface area contributed by atoms with Gasteiger partial charge in [-0.15, -0.1) is 0 Å². The third-order valence-electron chi connectivity index (χ3n) is 4.93. The van der Waals surface area contributed by atoms with Crippen LogP contribution < -0.4 is 5.32 Å². The van der Waals surface area contributed by atoms with Crippen molar-refractivity contribution in [2.75, 3.05) is 39.3 Å². The predicted molar refractivity (Wildman–Crippen MR) is 104 cm³/mol. The van der Waals surface area contributed by atoms with Gasteiger partial charge in [-0.2, -0.15) is 5.10 Å². The molecule has 2 aromatic heterocycles.